The molecular formula is C27H34N4O2. The molecule has 1 aromatic carbocycles. The minimum absolute atomic E-state index is 0.421. The normalized spacial score (nSPS) is 20.6. The lowest BCUT2D eigenvalue weighted by Crippen LogP contribution is -2.34. The molecule has 3 aromatic rings. The van der Waals surface area contributed by atoms with E-state index < -0.39 is 0 Å². The van der Waals surface area contributed by atoms with Crippen LogP contribution in [0.15, 0.2) is 64.9 Å². The number of hydrogen-bond acceptors (Lipinski definition) is 6. The van der Waals surface area contributed by atoms with Gasteiger partial charge in [0.2, 0.25) is 11.8 Å². The second-order valence-corrected chi connectivity index (χ2v) is 9.30. The van der Waals surface area contributed by atoms with Gasteiger partial charge >= 0.3 is 0 Å². The average molecular weight is 447 g/mol. The predicted molar refractivity (Wildman–Crippen MR) is 130 cm³/mol. The molecule has 0 amide bonds. The number of rotatable bonds is 9. The van der Waals surface area contributed by atoms with Crippen molar-refractivity contribution in [3.8, 4) is 17.2 Å². The highest BCUT2D eigenvalue weighted by Gasteiger charge is 2.32. The van der Waals surface area contributed by atoms with Crippen molar-refractivity contribution in [2.75, 3.05) is 13.7 Å². The molecule has 2 heterocycles. The van der Waals surface area contributed by atoms with Crippen LogP contribution in [0, 0.1) is 23.7 Å². The van der Waals surface area contributed by atoms with E-state index in [0.29, 0.717) is 35.5 Å². The van der Waals surface area contributed by atoms with Crippen LogP contribution in [0.3, 0.4) is 0 Å². The van der Waals surface area contributed by atoms with E-state index in [9.17, 15) is 0 Å². The molecule has 1 aliphatic carbocycles. The number of benzene rings is 1. The SMILES string of the molecule is COc1ccccc1CNCC1C=C(C)C(Cc2nnc(-c3cccnc3)o2)CC1C(C)C. The maximum absolute atomic E-state index is 5.97. The van der Waals surface area contributed by atoms with Crippen molar-refractivity contribution in [3.63, 3.8) is 0 Å². The van der Waals surface area contributed by atoms with E-state index >= 15 is 0 Å². The summed E-state index contributed by atoms with van der Waals surface area (Å²) in [6.07, 6.45) is 7.86. The third-order valence-corrected chi connectivity index (χ3v) is 6.77. The van der Waals surface area contributed by atoms with E-state index in [1.165, 1.54) is 11.1 Å². The van der Waals surface area contributed by atoms with E-state index in [-0.39, 0.29) is 0 Å². The van der Waals surface area contributed by atoms with Gasteiger partial charge in [0.15, 0.2) is 0 Å². The summed E-state index contributed by atoms with van der Waals surface area (Å²) >= 11 is 0. The Balaban J connectivity index is 1.41. The van der Waals surface area contributed by atoms with Gasteiger partial charge in [-0.25, -0.2) is 0 Å². The maximum atomic E-state index is 5.97. The molecule has 6 heteroatoms. The van der Waals surface area contributed by atoms with Crippen LogP contribution in [0.5, 0.6) is 5.75 Å². The number of nitrogens with zero attached hydrogens (tertiary/aromatic N) is 3. The number of methoxy groups -OCH3 is 1. The van der Waals surface area contributed by atoms with Gasteiger partial charge in [0.05, 0.1) is 12.7 Å². The average Bonchev–Trinajstić information content (AvgIpc) is 3.30. The van der Waals surface area contributed by atoms with Crippen LogP contribution in [0.4, 0.5) is 0 Å². The molecule has 1 N–H and O–H groups in total. The lowest BCUT2D eigenvalue weighted by Gasteiger charge is -2.37. The number of para-hydroxylation sites is 1. The number of pyridine rings is 1. The first-order chi connectivity index (χ1) is 16.0. The van der Waals surface area contributed by atoms with Crippen LogP contribution in [-0.2, 0) is 13.0 Å². The van der Waals surface area contributed by atoms with Crippen molar-refractivity contribution < 1.29 is 9.15 Å². The van der Waals surface area contributed by atoms with Crippen LogP contribution in [0.1, 0.15) is 38.6 Å². The summed E-state index contributed by atoms with van der Waals surface area (Å²) in [5.41, 5.74) is 3.46. The van der Waals surface area contributed by atoms with Crippen molar-refractivity contribution >= 4 is 0 Å². The fraction of sp³-hybridized carbons (Fsp3) is 0.444. The second-order valence-electron chi connectivity index (χ2n) is 9.30. The van der Waals surface area contributed by atoms with E-state index in [2.05, 4.69) is 59.5 Å². The van der Waals surface area contributed by atoms with Crippen molar-refractivity contribution in [3.05, 3.63) is 71.9 Å². The van der Waals surface area contributed by atoms with Gasteiger partial charge in [-0.3, -0.25) is 4.98 Å². The van der Waals surface area contributed by atoms with Crippen LogP contribution < -0.4 is 10.1 Å². The van der Waals surface area contributed by atoms with Gasteiger partial charge in [-0.15, -0.1) is 10.2 Å². The Kier molecular flexibility index (Phi) is 7.55. The first-order valence-corrected chi connectivity index (χ1v) is 11.8. The van der Waals surface area contributed by atoms with Crippen molar-refractivity contribution in [2.24, 2.45) is 23.7 Å². The number of allylic oxidation sites excluding steroid dienone is 1. The van der Waals surface area contributed by atoms with Gasteiger partial charge in [0.1, 0.15) is 5.75 Å². The molecule has 4 rings (SSSR count). The van der Waals surface area contributed by atoms with Gasteiger partial charge < -0.3 is 14.5 Å². The van der Waals surface area contributed by atoms with Crippen molar-refractivity contribution in [1.82, 2.24) is 20.5 Å². The Labute approximate surface area is 196 Å². The summed E-state index contributed by atoms with van der Waals surface area (Å²) < 4.78 is 11.5. The Morgan fingerprint density at radius 2 is 2.00 bits per heavy atom. The molecule has 3 atom stereocenters. The van der Waals surface area contributed by atoms with Crippen LogP contribution in [0.25, 0.3) is 11.5 Å². The molecule has 2 aromatic heterocycles. The first-order valence-electron chi connectivity index (χ1n) is 11.8. The zero-order valence-corrected chi connectivity index (χ0v) is 20.0. The van der Waals surface area contributed by atoms with Crippen molar-refractivity contribution in [1.29, 1.82) is 0 Å². The molecule has 0 aliphatic heterocycles. The molecule has 0 saturated heterocycles. The fourth-order valence-electron chi connectivity index (χ4n) is 4.88. The highest BCUT2D eigenvalue weighted by Crippen LogP contribution is 2.39. The second kappa shape index (κ2) is 10.8. The number of aromatic nitrogens is 3. The smallest absolute Gasteiger partial charge is 0.249 e. The highest BCUT2D eigenvalue weighted by molar-refractivity contribution is 5.49. The minimum Gasteiger partial charge on any atom is -0.496 e. The molecule has 174 valence electrons. The van der Waals surface area contributed by atoms with Crippen molar-refractivity contribution in [2.45, 2.75) is 40.2 Å². The molecule has 33 heavy (non-hydrogen) atoms. The quantitative estimate of drug-likeness (QED) is 0.448. The van der Waals surface area contributed by atoms with Gasteiger partial charge in [0, 0.05) is 37.5 Å². The molecular weight excluding hydrogens is 412 g/mol. The first kappa shape index (κ1) is 23.2. The minimum atomic E-state index is 0.421. The maximum Gasteiger partial charge on any atom is 0.249 e. The van der Waals surface area contributed by atoms with Crippen LogP contribution in [0.2, 0.25) is 0 Å². The Morgan fingerprint density at radius 3 is 2.76 bits per heavy atom. The molecule has 0 radical (unpaired) electrons. The molecule has 0 bridgehead atoms. The summed E-state index contributed by atoms with van der Waals surface area (Å²) in [6, 6.07) is 12.0. The summed E-state index contributed by atoms with van der Waals surface area (Å²) in [4.78, 5) is 4.14. The summed E-state index contributed by atoms with van der Waals surface area (Å²) in [6.45, 7) is 8.66. The topological polar surface area (TPSA) is 73.1 Å². The Hall–Kier alpha value is -2.99. The largest absolute Gasteiger partial charge is 0.496 e. The standard InChI is InChI=1S/C27H34N4O2/c1-18(2)24-13-22(14-26-30-31-27(33-26)21-9-7-11-28-16-21)19(3)12-23(24)17-29-15-20-8-5-6-10-25(20)32-4/h5-12,16,18,22-24,29H,13-15,17H2,1-4H3. The number of nitrogens with one attached hydrogen (secondary N) is 1. The lowest BCUT2D eigenvalue weighted by molar-refractivity contribution is 0.218. The third kappa shape index (κ3) is 5.69. The van der Waals surface area contributed by atoms with Gasteiger partial charge in [-0.2, -0.15) is 0 Å². The van der Waals surface area contributed by atoms with E-state index in [1.54, 1.807) is 19.5 Å². The predicted octanol–water partition coefficient (Wildman–Crippen LogP) is 5.33. The third-order valence-electron chi connectivity index (χ3n) is 6.77. The lowest BCUT2D eigenvalue weighted by atomic mass is 9.70. The van der Waals surface area contributed by atoms with Gasteiger partial charge in [-0.05, 0) is 55.2 Å². The molecule has 1 aliphatic rings. The Morgan fingerprint density at radius 1 is 1.15 bits per heavy atom. The molecule has 6 nitrogen and oxygen atoms in total. The zero-order valence-electron chi connectivity index (χ0n) is 20.0. The molecule has 0 saturated carbocycles. The van der Waals surface area contributed by atoms with E-state index in [0.717, 1.165) is 37.2 Å². The van der Waals surface area contributed by atoms with Gasteiger partial charge in [0.25, 0.3) is 0 Å². The highest BCUT2D eigenvalue weighted by atomic mass is 16.5. The molecule has 3 unspecified atom stereocenters. The molecule has 0 spiro atoms. The Bertz CT molecular complexity index is 1060. The fourth-order valence-corrected chi connectivity index (χ4v) is 4.88. The molecule has 0 fully saturated rings. The number of ether oxygens (including phenoxy) is 1. The summed E-state index contributed by atoms with van der Waals surface area (Å²) in [5, 5.41) is 12.2. The van der Waals surface area contributed by atoms with Crippen LogP contribution >= 0.6 is 0 Å². The van der Waals surface area contributed by atoms with E-state index in [4.69, 9.17) is 9.15 Å². The van der Waals surface area contributed by atoms with Gasteiger partial charge in [-0.1, -0.05) is 43.7 Å². The summed E-state index contributed by atoms with van der Waals surface area (Å²) in [7, 11) is 1.73. The monoisotopic (exact) mass is 446 g/mol. The number of hydrogen-bond donors (Lipinski definition) is 1. The van der Waals surface area contributed by atoms with Crippen LogP contribution in [-0.4, -0.2) is 28.8 Å². The summed E-state index contributed by atoms with van der Waals surface area (Å²) in [5.74, 6) is 4.30. The zero-order chi connectivity index (χ0) is 23.2. The van der Waals surface area contributed by atoms with E-state index in [1.807, 2.05) is 24.3 Å².